The van der Waals surface area contributed by atoms with Gasteiger partial charge in [-0.25, -0.2) is 17.8 Å². The molecule has 0 fully saturated rings. The van der Waals surface area contributed by atoms with Crippen LogP contribution in [0.2, 0.25) is 10.0 Å². The fourth-order valence-electron chi connectivity index (χ4n) is 2.80. The third-order valence-electron chi connectivity index (χ3n) is 3.95. The van der Waals surface area contributed by atoms with Crippen LogP contribution in [0.15, 0.2) is 53.4 Å². The number of halogens is 3. The zero-order valence-electron chi connectivity index (χ0n) is 14.4. The normalized spacial score (nSPS) is 11.4. The number of hydrogen-bond donors (Lipinski definition) is 1. The molecule has 8 heteroatoms. The van der Waals surface area contributed by atoms with Crippen LogP contribution in [0.5, 0.6) is 0 Å². The Balaban J connectivity index is 1.97. The number of anilines is 1. The Morgan fingerprint density at radius 3 is 2.33 bits per heavy atom. The monoisotopic (exact) mass is 424 g/mol. The Kier molecular flexibility index (Phi) is 5.42. The molecule has 1 N–H and O–H groups in total. The Hall–Kier alpha value is -2.15. The van der Waals surface area contributed by atoms with E-state index in [0.717, 1.165) is 0 Å². The minimum atomic E-state index is -3.97. The zero-order chi connectivity index (χ0) is 19.8. The lowest BCUT2D eigenvalue weighted by atomic mass is 10.0. The van der Waals surface area contributed by atoms with Gasteiger partial charge < -0.3 is 0 Å². The van der Waals surface area contributed by atoms with E-state index in [9.17, 15) is 12.8 Å². The summed E-state index contributed by atoms with van der Waals surface area (Å²) >= 11 is 12.0. The van der Waals surface area contributed by atoms with Gasteiger partial charge in [0.1, 0.15) is 16.5 Å². The van der Waals surface area contributed by atoms with Crippen molar-refractivity contribution in [1.82, 2.24) is 4.98 Å². The van der Waals surface area contributed by atoms with Crippen molar-refractivity contribution >= 4 is 39.0 Å². The maximum atomic E-state index is 14.0. The highest BCUT2D eigenvalue weighted by atomic mass is 35.5. The van der Waals surface area contributed by atoms with Gasteiger partial charge in [0.2, 0.25) is 0 Å². The summed E-state index contributed by atoms with van der Waals surface area (Å²) in [6.45, 7) is 3.28. The fraction of sp³-hybridized carbons (Fsp3) is 0.105. The molecule has 0 aliphatic carbocycles. The van der Waals surface area contributed by atoms with Crippen LogP contribution in [-0.2, 0) is 10.0 Å². The minimum Gasteiger partial charge on any atom is -0.263 e. The van der Waals surface area contributed by atoms with Crippen molar-refractivity contribution in [3.8, 4) is 11.1 Å². The fourth-order valence-corrected chi connectivity index (χ4v) is 4.99. The van der Waals surface area contributed by atoms with E-state index >= 15 is 0 Å². The SMILES string of the molecule is Cc1cc(Cl)cc(Cl)c1S(=O)(=O)Nc1ccc(-c2ccccc2F)c(C)n1. The van der Waals surface area contributed by atoms with Gasteiger partial charge in [-0.05, 0) is 49.7 Å². The van der Waals surface area contributed by atoms with Gasteiger partial charge in [0, 0.05) is 21.8 Å². The summed E-state index contributed by atoms with van der Waals surface area (Å²) in [5.74, 6) is -0.266. The first-order valence-electron chi connectivity index (χ1n) is 7.90. The summed E-state index contributed by atoms with van der Waals surface area (Å²) in [7, 11) is -3.97. The summed E-state index contributed by atoms with van der Waals surface area (Å²) in [4.78, 5) is 4.19. The maximum Gasteiger partial charge on any atom is 0.264 e. The molecule has 1 aromatic heterocycles. The van der Waals surface area contributed by atoms with Crippen molar-refractivity contribution < 1.29 is 12.8 Å². The first kappa shape index (κ1) is 19.6. The van der Waals surface area contributed by atoms with Gasteiger partial charge in [0.05, 0.1) is 5.02 Å². The van der Waals surface area contributed by atoms with Gasteiger partial charge in [-0.3, -0.25) is 4.72 Å². The van der Waals surface area contributed by atoms with Crippen LogP contribution >= 0.6 is 23.2 Å². The maximum absolute atomic E-state index is 14.0. The van der Waals surface area contributed by atoms with E-state index in [1.54, 1.807) is 38.1 Å². The van der Waals surface area contributed by atoms with Crippen molar-refractivity contribution in [2.45, 2.75) is 18.7 Å². The summed E-state index contributed by atoms with van der Waals surface area (Å²) in [5, 5.41) is 0.367. The van der Waals surface area contributed by atoms with Crippen LogP contribution in [0.1, 0.15) is 11.3 Å². The lowest BCUT2D eigenvalue weighted by Crippen LogP contribution is -2.16. The Labute approximate surface area is 167 Å². The molecule has 3 aromatic rings. The minimum absolute atomic E-state index is 0.0206. The van der Waals surface area contributed by atoms with Crippen molar-refractivity contribution in [2.75, 3.05) is 4.72 Å². The van der Waals surface area contributed by atoms with Gasteiger partial charge in [-0.2, -0.15) is 0 Å². The molecule has 4 nitrogen and oxygen atoms in total. The molecule has 0 saturated heterocycles. The number of pyridine rings is 1. The van der Waals surface area contributed by atoms with E-state index in [2.05, 4.69) is 9.71 Å². The molecule has 0 aliphatic rings. The second-order valence-electron chi connectivity index (χ2n) is 5.95. The van der Waals surface area contributed by atoms with Gasteiger partial charge >= 0.3 is 0 Å². The largest absolute Gasteiger partial charge is 0.264 e. The molecule has 0 unspecified atom stereocenters. The number of nitrogens with one attached hydrogen (secondary N) is 1. The van der Waals surface area contributed by atoms with Gasteiger partial charge in [-0.15, -0.1) is 0 Å². The van der Waals surface area contributed by atoms with E-state index < -0.39 is 10.0 Å². The zero-order valence-corrected chi connectivity index (χ0v) is 16.8. The van der Waals surface area contributed by atoms with Crippen LogP contribution < -0.4 is 4.72 Å². The first-order valence-corrected chi connectivity index (χ1v) is 10.1. The van der Waals surface area contributed by atoms with E-state index in [-0.39, 0.29) is 21.6 Å². The quantitative estimate of drug-likeness (QED) is 0.591. The number of aromatic nitrogens is 1. The molecule has 0 bridgehead atoms. The van der Waals surface area contributed by atoms with E-state index in [1.807, 2.05) is 0 Å². The van der Waals surface area contributed by atoms with Gasteiger partial charge in [0.25, 0.3) is 10.0 Å². The smallest absolute Gasteiger partial charge is 0.263 e. The number of aryl methyl sites for hydroxylation is 2. The molecular weight excluding hydrogens is 410 g/mol. The van der Waals surface area contributed by atoms with Crippen LogP contribution in [-0.4, -0.2) is 13.4 Å². The highest BCUT2D eigenvalue weighted by Gasteiger charge is 2.22. The molecule has 1 heterocycles. The number of nitrogens with zero attached hydrogens (tertiary/aromatic N) is 1. The average molecular weight is 425 g/mol. The Morgan fingerprint density at radius 2 is 1.70 bits per heavy atom. The molecule has 0 amide bonds. The van der Waals surface area contributed by atoms with E-state index in [1.165, 1.54) is 24.3 Å². The molecule has 0 aliphatic heterocycles. The van der Waals surface area contributed by atoms with Crippen LogP contribution in [0.25, 0.3) is 11.1 Å². The molecular formula is C19H15Cl2FN2O2S. The van der Waals surface area contributed by atoms with Crippen molar-refractivity contribution in [1.29, 1.82) is 0 Å². The molecule has 0 radical (unpaired) electrons. The first-order chi connectivity index (χ1) is 12.7. The Bertz CT molecular complexity index is 1110. The van der Waals surface area contributed by atoms with Crippen LogP contribution in [0.3, 0.4) is 0 Å². The number of sulfonamides is 1. The van der Waals surface area contributed by atoms with Crippen molar-refractivity contribution in [2.24, 2.45) is 0 Å². The number of hydrogen-bond acceptors (Lipinski definition) is 3. The number of benzene rings is 2. The van der Waals surface area contributed by atoms with E-state index in [4.69, 9.17) is 23.2 Å². The van der Waals surface area contributed by atoms with Crippen molar-refractivity contribution in [3.05, 3.63) is 75.7 Å². The molecule has 0 spiro atoms. The Morgan fingerprint density at radius 1 is 1.00 bits per heavy atom. The third kappa shape index (κ3) is 4.08. The molecule has 3 rings (SSSR count). The highest BCUT2D eigenvalue weighted by Crippen LogP contribution is 2.31. The van der Waals surface area contributed by atoms with Crippen LogP contribution in [0.4, 0.5) is 10.2 Å². The van der Waals surface area contributed by atoms with Gasteiger partial charge in [-0.1, -0.05) is 41.4 Å². The highest BCUT2D eigenvalue weighted by molar-refractivity contribution is 7.92. The second-order valence-corrected chi connectivity index (χ2v) is 8.41. The summed E-state index contributed by atoms with van der Waals surface area (Å²) in [6, 6.07) is 12.3. The summed E-state index contributed by atoms with van der Waals surface area (Å²) in [6.07, 6.45) is 0. The second kappa shape index (κ2) is 7.46. The molecule has 27 heavy (non-hydrogen) atoms. The summed E-state index contributed by atoms with van der Waals surface area (Å²) < 4.78 is 41.9. The lowest BCUT2D eigenvalue weighted by Gasteiger charge is -2.13. The third-order valence-corrected chi connectivity index (χ3v) is 6.14. The molecule has 140 valence electrons. The predicted molar refractivity (Wildman–Crippen MR) is 106 cm³/mol. The topological polar surface area (TPSA) is 59.1 Å². The standard InChI is InChI=1S/C19H15Cl2FN2O2S/c1-11-9-13(20)10-16(21)19(11)27(25,26)24-18-8-7-14(12(2)23-18)15-5-3-4-6-17(15)22/h3-10H,1-2H3,(H,23,24). The predicted octanol–water partition coefficient (Wildman–Crippen LogP) is 5.61. The lowest BCUT2D eigenvalue weighted by molar-refractivity contribution is 0.600. The molecule has 2 aromatic carbocycles. The number of rotatable bonds is 4. The molecule has 0 saturated carbocycles. The van der Waals surface area contributed by atoms with Crippen molar-refractivity contribution in [3.63, 3.8) is 0 Å². The van der Waals surface area contributed by atoms with Crippen LogP contribution in [0, 0.1) is 19.7 Å². The summed E-state index contributed by atoms with van der Waals surface area (Å²) in [5.41, 5.74) is 1.88. The molecule has 0 atom stereocenters. The average Bonchev–Trinajstić information content (AvgIpc) is 2.54. The van der Waals surface area contributed by atoms with Gasteiger partial charge in [0.15, 0.2) is 0 Å². The van der Waals surface area contributed by atoms with E-state index in [0.29, 0.717) is 27.4 Å².